The van der Waals surface area contributed by atoms with Crippen molar-refractivity contribution < 1.29 is 14.6 Å². The minimum atomic E-state index is -0.228. The summed E-state index contributed by atoms with van der Waals surface area (Å²) in [6, 6.07) is 3.47. The molecule has 1 aromatic carbocycles. The van der Waals surface area contributed by atoms with Crippen molar-refractivity contribution in [3.8, 4) is 11.5 Å². The summed E-state index contributed by atoms with van der Waals surface area (Å²) >= 11 is 0. The molecule has 1 N–H and O–H groups in total. The number of carbonyl (C=O) groups is 1. The summed E-state index contributed by atoms with van der Waals surface area (Å²) < 4.78 is 5.08. The summed E-state index contributed by atoms with van der Waals surface area (Å²) in [5, 5.41) is 9.85. The Labute approximate surface area is 101 Å². The van der Waals surface area contributed by atoms with Gasteiger partial charge < -0.3 is 9.84 Å². The van der Waals surface area contributed by atoms with Crippen LogP contribution in [-0.4, -0.2) is 11.1 Å². The second-order valence-electron chi connectivity index (χ2n) is 4.55. The van der Waals surface area contributed by atoms with Crippen LogP contribution in [0.1, 0.15) is 31.4 Å². The monoisotopic (exact) mass is 232 g/mol. The van der Waals surface area contributed by atoms with Crippen LogP contribution in [0.15, 0.2) is 23.8 Å². The zero-order valence-corrected chi connectivity index (χ0v) is 10.1. The maximum atomic E-state index is 11.1. The van der Waals surface area contributed by atoms with Gasteiger partial charge in [0, 0.05) is 6.07 Å². The molecule has 0 aliphatic carbocycles. The van der Waals surface area contributed by atoms with E-state index in [2.05, 4.69) is 6.08 Å². The van der Waals surface area contributed by atoms with Crippen LogP contribution in [0.25, 0.3) is 0 Å². The Hall–Kier alpha value is -1.77. The number of phenolic OH excluding ortho intramolecular Hbond substituents is 1. The Morgan fingerprint density at radius 3 is 2.88 bits per heavy atom. The summed E-state index contributed by atoms with van der Waals surface area (Å²) in [6.45, 7) is 4.05. The van der Waals surface area contributed by atoms with Gasteiger partial charge in [0.15, 0.2) is 0 Å². The molecule has 1 aromatic rings. The standard InChI is InChI=1S/C14H16O3/c1-9(2)3-4-10-7-11-5-6-14(16)17-13(11)8-12(10)15/h3,7-8,15H,4-6H2,1-2H3. The summed E-state index contributed by atoms with van der Waals surface area (Å²) in [5.74, 6) is 0.463. The average Bonchev–Trinajstić information content (AvgIpc) is 2.26. The van der Waals surface area contributed by atoms with Crippen LogP contribution < -0.4 is 4.74 Å². The third-order valence-electron chi connectivity index (χ3n) is 2.81. The van der Waals surface area contributed by atoms with Crippen molar-refractivity contribution in [1.82, 2.24) is 0 Å². The lowest BCUT2D eigenvalue weighted by Gasteiger charge is -2.17. The van der Waals surface area contributed by atoms with E-state index in [1.165, 1.54) is 5.57 Å². The highest BCUT2D eigenvalue weighted by molar-refractivity contribution is 5.75. The molecule has 0 atom stereocenters. The van der Waals surface area contributed by atoms with Gasteiger partial charge in [0.1, 0.15) is 11.5 Å². The molecular formula is C14H16O3. The summed E-state index contributed by atoms with van der Waals surface area (Å²) in [4.78, 5) is 11.1. The quantitative estimate of drug-likeness (QED) is 0.484. The lowest BCUT2D eigenvalue weighted by Crippen LogP contribution is -2.15. The van der Waals surface area contributed by atoms with Gasteiger partial charge in [-0.2, -0.15) is 0 Å². The third-order valence-corrected chi connectivity index (χ3v) is 2.81. The molecule has 0 amide bonds. The molecule has 17 heavy (non-hydrogen) atoms. The molecule has 0 saturated heterocycles. The minimum Gasteiger partial charge on any atom is -0.508 e. The predicted molar refractivity (Wildman–Crippen MR) is 65.2 cm³/mol. The fourth-order valence-electron chi connectivity index (χ4n) is 1.84. The number of hydrogen-bond donors (Lipinski definition) is 1. The summed E-state index contributed by atoms with van der Waals surface area (Å²) in [5.41, 5.74) is 3.09. The number of aromatic hydroxyl groups is 1. The molecule has 3 nitrogen and oxygen atoms in total. The number of esters is 1. The first-order chi connectivity index (χ1) is 8.06. The van der Waals surface area contributed by atoms with Crippen molar-refractivity contribution >= 4 is 5.97 Å². The predicted octanol–water partition coefficient (Wildman–Crippen LogP) is 2.75. The lowest BCUT2D eigenvalue weighted by molar-refractivity contribution is -0.135. The molecule has 0 bridgehead atoms. The zero-order chi connectivity index (χ0) is 12.4. The largest absolute Gasteiger partial charge is 0.508 e. The highest BCUT2D eigenvalue weighted by Gasteiger charge is 2.18. The van der Waals surface area contributed by atoms with E-state index in [1.54, 1.807) is 6.07 Å². The number of fused-ring (bicyclic) bond motifs is 1. The summed E-state index contributed by atoms with van der Waals surface area (Å²) in [7, 11) is 0. The molecule has 0 radical (unpaired) electrons. The molecule has 1 aliphatic rings. The molecule has 0 fully saturated rings. The molecule has 90 valence electrons. The summed E-state index contributed by atoms with van der Waals surface area (Å²) in [6.07, 6.45) is 3.88. The molecule has 0 saturated carbocycles. The van der Waals surface area contributed by atoms with Gasteiger partial charge in [0.2, 0.25) is 0 Å². The molecule has 2 rings (SSSR count). The number of benzene rings is 1. The highest BCUT2D eigenvalue weighted by Crippen LogP contribution is 2.32. The van der Waals surface area contributed by atoms with Crippen molar-refractivity contribution in [2.24, 2.45) is 0 Å². The Bertz CT molecular complexity index is 482. The maximum absolute atomic E-state index is 11.1. The van der Waals surface area contributed by atoms with Gasteiger partial charge in [0.25, 0.3) is 0 Å². The molecule has 0 aromatic heterocycles. The van der Waals surface area contributed by atoms with E-state index < -0.39 is 0 Å². The van der Waals surface area contributed by atoms with Gasteiger partial charge in [-0.05, 0) is 43.9 Å². The number of rotatable bonds is 2. The van der Waals surface area contributed by atoms with E-state index in [4.69, 9.17) is 4.74 Å². The van der Waals surface area contributed by atoms with Crippen molar-refractivity contribution in [3.63, 3.8) is 0 Å². The van der Waals surface area contributed by atoms with E-state index in [0.29, 0.717) is 25.0 Å². The number of carbonyl (C=O) groups excluding carboxylic acids is 1. The van der Waals surface area contributed by atoms with Gasteiger partial charge in [0.05, 0.1) is 6.42 Å². The van der Waals surface area contributed by atoms with Crippen LogP contribution >= 0.6 is 0 Å². The smallest absolute Gasteiger partial charge is 0.311 e. The molecule has 0 spiro atoms. The van der Waals surface area contributed by atoms with Crippen LogP contribution in [-0.2, 0) is 17.6 Å². The molecule has 0 unspecified atom stereocenters. The van der Waals surface area contributed by atoms with Crippen LogP contribution in [0.2, 0.25) is 0 Å². The Kier molecular flexibility index (Phi) is 3.18. The lowest BCUT2D eigenvalue weighted by atomic mass is 10.00. The van der Waals surface area contributed by atoms with Crippen LogP contribution in [0.3, 0.4) is 0 Å². The number of hydrogen-bond acceptors (Lipinski definition) is 3. The van der Waals surface area contributed by atoms with Gasteiger partial charge in [-0.1, -0.05) is 11.6 Å². The fourth-order valence-corrected chi connectivity index (χ4v) is 1.84. The zero-order valence-electron chi connectivity index (χ0n) is 10.1. The number of phenols is 1. The Balaban J connectivity index is 2.31. The second kappa shape index (κ2) is 4.62. The average molecular weight is 232 g/mol. The van der Waals surface area contributed by atoms with Crippen molar-refractivity contribution in [1.29, 1.82) is 0 Å². The van der Waals surface area contributed by atoms with Crippen molar-refractivity contribution in [2.75, 3.05) is 0 Å². The first kappa shape index (κ1) is 11.7. The van der Waals surface area contributed by atoms with Crippen LogP contribution in [0.4, 0.5) is 0 Å². The maximum Gasteiger partial charge on any atom is 0.311 e. The fraction of sp³-hybridized carbons (Fsp3) is 0.357. The van der Waals surface area contributed by atoms with Gasteiger partial charge in [-0.25, -0.2) is 0 Å². The number of ether oxygens (including phenoxy) is 1. The van der Waals surface area contributed by atoms with E-state index in [0.717, 1.165) is 11.1 Å². The van der Waals surface area contributed by atoms with Gasteiger partial charge in [-0.3, -0.25) is 4.79 Å². The number of aryl methyl sites for hydroxylation is 1. The van der Waals surface area contributed by atoms with E-state index in [1.807, 2.05) is 19.9 Å². The van der Waals surface area contributed by atoms with Gasteiger partial charge in [-0.15, -0.1) is 0 Å². The van der Waals surface area contributed by atoms with Gasteiger partial charge >= 0.3 is 5.97 Å². The minimum absolute atomic E-state index is 0.191. The molecule has 1 heterocycles. The van der Waals surface area contributed by atoms with Crippen molar-refractivity contribution in [2.45, 2.75) is 33.1 Å². The van der Waals surface area contributed by atoms with E-state index in [9.17, 15) is 9.90 Å². The Morgan fingerprint density at radius 2 is 2.18 bits per heavy atom. The third kappa shape index (κ3) is 2.67. The molecule has 3 heteroatoms. The normalized spacial score (nSPS) is 13.9. The van der Waals surface area contributed by atoms with E-state index in [-0.39, 0.29) is 11.7 Å². The Morgan fingerprint density at radius 1 is 1.41 bits per heavy atom. The SMILES string of the molecule is CC(C)=CCc1cc2c(cc1O)OC(=O)CC2. The molecule has 1 aliphatic heterocycles. The number of allylic oxidation sites excluding steroid dienone is 2. The van der Waals surface area contributed by atoms with E-state index >= 15 is 0 Å². The first-order valence-electron chi connectivity index (χ1n) is 5.75. The first-order valence-corrected chi connectivity index (χ1v) is 5.75. The topological polar surface area (TPSA) is 46.5 Å². The molecular weight excluding hydrogens is 216 g/mol. The van der Waals surface area contributed by atoms with Crippen LogP contribution in [0.5, 0.6) is 11.5 Å². The van der Waals surface area contributed by atoms with Crippen molar-refractivity contribution in [3.05, 3.63) is 34.9 Å². The highest BCUT2D eigenvalue weighted by atomic mass is 16.5. The van der Waals surface area contributed by atoms with Crippen LogP contribution in [0, 0.1) is 0 Å². The second-order valence-corrected chi connectivity index (χ2v) is 4.55.